The molecule has 0 saturated heterocycles. The second-order valence-electron chi connectivity index (χ2n) is 24.0. The second-order valence-corrected chi connectivity index (χ2v) is 24.6. The van der Waals surface area contributed by atoms with Crippen LogP contribution in [0.2, 0.25) is 0 Å². The molecule has 0 atom stereocenters. The van der Waals surface area contributed by atoms with E-state index in [9.17, 15) is 149 Å². The molecule has 0 amide bonds. The van der Waals surface area contributed by atoms with Gasteiger partial charge in [-0.25, -0.2) is 0 Å². The Balaban J connectivity index is 0.00000171. The average Bonchev–Trinajstić information content (AvgIpc) is 0.810. The standard InChI is InChI=1S/3C24H23N3O10S.4Tb/c3*28-19(29)9-26(10-20(30)31)7-16-4-15(23(36)14-2-1-3-18(6-14)25-13-38)5-17(24(16)37)8-27(11-21(32)33)12-22(34)35;;;;/h3*1-6,37H,7-12H2,(H,28,29)(H,30,31)(H,32,33)(H,34,35);;;;/q;;;4*+3/p-12. The third-order valence-corrected chi connectivity index (χ3v) is 15.3. The fourth-order valence-corrected chi connectivity index (χ4v) is 11.2. The maximum absolute atomic E-state index is 13.3. The summed E-state index contributed by atoms with van der Waals surface area (Å²) >= 11 is 13.7. The minimum atomic E-state index is -1.62. The molecule has 0 aliphatic heterocycles. The van der Waals surface area contributed by atoms with Crippen molar-refractivity contribution in [2.45, 2.75) is 39.3 Å². The van der Waals surface area contributed by atoms with E-state index < -0.39 is 224 Å². The molecular weight excluding hydrogens is 2200 g/mol. The van der Waals surface area contributed by atoms with Gasteiger partial charge >= 0.3 is 154 Å². The van der Waals surface area contributed by atoms with Gasteiger partial charge in [0.25, 0.3) is 0 Å². The Labute approximate surface area is 806 Å². The van der Waals surface area contributed by atoms with E-state index in [4.69, 9.17) is 0 Å². The number of benzene rings is 6. The molecule has 0 saturated carbocycles. The quantitative estimate of drug-likeness (QED) is 0.0182. The molecular formula is C72H57N9O30S3Tb4. The molecule has 6 rings (SSSR count). The summed E-state index contributed by atoms with van der Waals surface area (Å²) in [4.78, 5) is 190. The first-order valence-corrected chi connectivity index (χ1v) is 33.3. The molecule has 0 aliphatic carbocycles. The Bertz CT molecular complexity index is 4140. The van der Waals surface area contributed by atoms with Crippen LogP contribution >= 0.6 is 36.7 Å². The van der Waals surface area contributed by atoms with Crippen LogP contribution in [0.4, 0.5) is 17.1 Å². The number of carboxylic acid groups (broad SMARTS) is 12. The van der Waals surface area contributed by atoms with Crippen molar-refractivity contribution in [2.75, 3.05) is 78.5 Å². The fraction of sp³-hybridized carbons (Fsp3) is 0.250. The average molecular weight is 2260 g/mol. The molecule has 0 unspecified atom stereocenters. The number of rotatable bonds is 45. The van der Waals surface area contributed by atoms with Crippen LogP contribution in [0.3, 0.4) is 0 Å². The van der Waals surface area contributed by atoms with Crippen LogP contribution in [0.15, 0.2) is 124 Å². The van der Waals surface area contributed by atoms with Crippen molar-refractivity contribution in [3.63, 3.8) is 0 Å². The Morgan fingerprint density at radius 1 is 0.254 bits per heavy atom. The minimum absolute atomic E-state index is 0. The number of nitrogens with zero attached hydrogens (tertiary/aromatic N) is 9. The first kappa shape index (κ1) is 110. The zero-order valence-corrected chi connectivity index (χ0v) is 71.1. The first-order chi connectivity index (χ1) is 53.7. The van der Waals surface area contributed by atoms with E-state index in [1.165, 1.54) is 91.0 Å². The molecule has 0 bridgehead atoms. The number of aliphatic carboxylic acids is 12. The molecule has 624 valence electrons. The van der Waals surface area contributed by atoms with Gasteiger partial charge in [-0.05, 0) is 109 Å². The molecule has 0 aromatic heterocycles. The maximum Gasteiger partial charge on any atom is 3.00 e. The molecule has 6 aromatic rings. The molecule has 118 heavy (non-hydrogen) atoms. The molecule has 0 fully saturated rings. The smallest absolute Gasteiger partial charge is 0.549 e. The summed E-state index contributed by atoms with van der Waals surface area (Å²) in [6.07, 6.45) is 0. The van der Waals surface area contributed by atoms with Crippen molar-refractivity contribution in [1.82, 2.24) is 29.4 Å². The van der Waals surface area contributed by atoms with E-state index in [1.807, 2.05) is 0 Å². The number of phenols is 3. The van der Waals surface area contributed by atoms with Gasteiger partial charge in [0.2, 0.25) is 0 Å². The normalized spacial score (nSPS) is 10.3. The predicted molar refractivity (Wildman–Crippen MR) is 370 cm³/mol. The van der Waals surface area contributed by atoms with Crippen molar-refractivity contribution in [2.24, 2.45) is 15.0 Å². The fourth-order valence-electron chi connectivity index (χ4n) is 10.8. The van der Waals surface area contributed by atoms with Crippen LogP contribution in [0.5, 0.6) is 17.2 Å². The van der Waals surface area contributed by atoms with Crippen LogP contribution in [-0.2, 0) is 96.8 Å². The number of thiocarbonyl (C=S) groups is 3. The molecule has 0 heterocycles. The Morgan fingerprint density at radius 2 is 0.398 bits per heavy atom. The number of phenolic OH excluding ortho intramolecular Hbond substituents is 3. The van der Waals surface area contributed by atoms with E-state index >= 15 is 0 Å². The van der Waals surface area contributed by atoms with E-state index in [2.05, 4.69) is 67.1 Å². The second kappa shape index (κ2) is 55.5. The van der Waals surface area contributed by atoms with Gasteiger partial charge in [-0.15, -0.1) is 0 Å². The van der Waals surface area contributed by atoms with Crippen LogP contribution in [0, 0.1) is 154 Å². The third-order valence-electron chi connectivity index (χ3n) is 15.0. The monoisotopic (exact) mass is 2260 g/mol. The molecule has 0 spiro atoms. The maximum atomic E-state index is 13.3. The van der Waals surface area contributed by atoms with Crippen molar-refractivity contribution in [3.05, 3.63) is 176 Å². The number of ketones is 3. The van der Waals surface area contributed by atoms with Gasteiger partial charge in [-0.1, -0.05) is 36.4 Å². The number of hydrogen-bond acceptors (Lipinski definition) is 42. The Hall–Kier alpha value is -8.33. The third kappa shape index (κ3) is 40.2. The van der Waals surface area contributed by atoms with Crippen molar-refractivity contribution >= 4 is 158 Å². The van der Waals surface area contributed by atoms with E-state index in [0.29, 0.717) is 17.1 Å². The molecule has 6 aromatic carbocycles. The molecule has 3 N–H and O–H groups in total. The topological polar surface area (TPSA) is 650 Å². The zero-order valence-electron chi connectivity index (χ0n) is 60.1. The molecule has 0 aliphatic rings. The number of carbonyl (C=O) groups excluding carboxylic acids is 15. The summed E-state index contributed by atoms with van der Waals surface area (Å²) < 4.78 is 0. The summed E-state index contributed by atoms with van der Waals surface area (Å²) in [5.74, 6) is -22.9. The van der Waals surface area contributed by atoms with Gasteiger partial charge in [0.05, 0.1) is 104 Å². The summed E-state index contributed by atoms with van der Waals surface area (Å²) in [6, 6.07) is 24.9. The summed E-state index contributed by atoms with van der Waals surface area (Å²) in [7, 11) is 0. The number of carbonyl (C=O) groups is 15. The predicted octanol–water partition coefficient (Wildman–Crippen LogP) is -12.1. The summed E-state index contributed by atoms with van der Waals surface area (Å²) in [5, 5.41) is 172. The van der Waals surface area contributed by atoms with E-state index in [1.54, 1.807) is 18.2 Å². The Kier molecular flexibility index (Phi) is 51.6. The van der Waals surface area contributed by atoms with Gasteiger partial charge < -0.3 is 134 Å². The van der Waals surface area contributed by atoms with Crippen molar-refractivity contribution in [3.8, 4) is 17.2 Å². The molecule has 0 radical (unpaired) electrons. The number of aromatic hydroxyl groups is 3. The largest absolute Gasteiger partial charge is 3.00 e. The van der Waals surface area contributed by atoms with E-state index in [-0.39, 0.29) is 221 Å². The van der Waals surface area contributed by atoms with Crippen LogP contribution in [0.1, 0.15) is 81.1 Å². The number of carboxylic acids is 12. The van der Waals surface area contributed by atoms with Gasteiger partial charge in [0, 0.05) is 185 Å². The number of isothiocyanates is 3. The number of hydrogen-bond donors (Lipinski definition) is 3. The van der Waals surface area contributed by atoms with Crippen molar-refractivity contribution in [1.29, 1.82) is 0 Å². The molecule has 46 heteroatoms. The van der Waals surface area contributed by atoms with Gasteiger partial charge in [0.1, 0.15) is 17.2 Å². The van der Waals surface area contributed by atoms with Crippen LogP contribution in [-0.4, -0.2) is 228 Å². The number of aliphatic imine (C=N–C) groups is 3. The first-order valence-electron chi connectivity index (χ1n) is 32.1. The van der Waals surface area contributed by atoms with E-state index in [0.717, 1.165) is 29.4 Å². The SMILES string of the molecule is O=C([O-])CN(CC(=O)[O-])Cc1cc(C(=O)c2cccc(N=C=S)c2)cc(CN(CC(=O)[O-])CC(=O)[O-])c1O.O=C([O-])CN(CC(=O)[O-])Cc1cc(C(=O)c2cccc(N=C=S)c2)cc(CN(CC(=O)[O-])CC(=O)[O-])c1O.O=C([O-])CN(CC(=O)[O-])Cc1cc(C(=O)c2cccc(N=C=S)c2)cc(CN(CC(=O)[O-])CC(=O)[O-])c1O.[Tb+3].[Tb+3].[Tb+3].[Tb+3]. The summed E-state index contributed by atoms with van der Waals surface area (Å²) in [5.41, 5.74) is 0.463. The minimum Gasteiger partial charge on any atom is -0.549 e. The van der Waals surface area contributed by atoms with Gasteiger partial charge in [-0.2, -0.15) is 15.0 Å². The van der Waals surface area contributed by atoms with Gasteiger partial charge in [0.15, 0.2) is 17.3 Å². The molecule has 39 nitrogen and oxygen atoms in total. The zero-order chi connectivity index (χ0) is 85.2. The summed E-state index contributed by atoms with van der Waals surface area (Å²) in [6.45, 7) is -13.3. The van der Waals surface area contributed by atoms with Crippen molar-refractivity contribution < 1.29 is 303 Å². The van der Waals surface area contributed by atoms with Crippen LogP contribution in [0.25, 0.3) is 0 Å². The Morgan fingerprint density at radius 3 is 0.525 bits per heavy atom. The van der Waals surface area contributed by atoms with Crippen LogP contribution < -0.4 is 61.3 Å². The van der Waals surface area contributed by atoms with Gasteiger partial charge in [-0.3, -0.25) is 43.8 Å².